The molecule has 6 atom stereocenters. The standard InChI is InChI=1S/C59H92O9/c1-3-5-7-9-11-13-15-17-19-21-23-25-26-27-29-31-33-35-37-39-41-43-45-47-49-65-51-53(52-66-59-58(64)57(63)56(62)54(50-60)68-59)67-55(61)48-46-44-42-40-38-36-34-32-30-28-24-22-20-18-16-14-12-10-8-6-4-2/h5-8,11-14,17-20,23-25,27-29,32-35,38,40,53-54,56-60,62-64H,3-4,9-10,15-16,21-22,26,30-31,36-37,39,41-52H2,1-2H3/b7-5-,8-6-,13-11-,14-12-,19-17-,20-18-,25-23-,28-24-,29-27-,34-32-,35-33-,40-38-. The van der Waals surface area contributed by atoms with Crippen molar-refractivity contribution >= 4 is 5.97 Å². The number of rotatable bonds is 42. The molecule has 0 spiro atoms. The van der Waals surface area contributed by atoms with E-state index in [-0.39, 0.29) is 25.6 Å². The van der Waals surface area contributed by atoms with Gasteiger partial charge in [-0.15, -0.1) is 0 Å². The van der Waals surface area contributed by atoms with Gasteiger partial charge in [-0.2, -0.15) is 0 Å². The molecule has 9 heteroatoms. The minimum absolute atomic E-state index is 0.102. The Labute approximate surface area is 412 Å². The number of ether oxygens (including phenoxy) is 4. The van der Waals surface area contributed by atoms with Crippen LogP contribution in [0.3, 0.4) is 0 Å². The van der Waals surface area contributed by atoms with E-state index in [1.165, 1.54) is 0 Å². The second-order valence-corrected chi connectivity index (χ2v) is 16.8. The van der Waals surface area contributed by atoms with Gasteiger partial charge in [0, 0.05) is 13.0 Å². The number of carbonyl (C=O) groups is 1. The zero-order chi connectivity index (χ0) is 49.2. The molecule has 68 heavy (non-hydrogen) atoms. The number of esters is 1. The van der Waals surface area contributed by atoms with Gasteiger partial charge in [0.2, 0.25) is 0 Å². The Kier molecular flexibility index (Phi) is 43.9. The third kappa shape index (κ3) is 38.0. The van der Waals surface area contributed by atoms with Crippen molar-refractivity contribution in [1.82, 2.24) is 0 Å². The van der Waals surface area contributed by atoms with Crippen LogP contribution in [0.1, 0.15) is 155 Å². The third-order valence-corrected chi connectivity index (χ3v) is 10.8. The number of aliphatic hydroxyl groups is 4. The SMILES string of the molecule is CC/C=C\C/C=C\C/C=C\C/C=C\C/C=C\C/C=C\CCCCCCCOCC(COC1OC(CO)C(O)C(O)C1O)OC(=O)CCCC/C=C\C/C=C\C/C=C\C/C=C\C/C=C\C/C=C\CC. The van der Waals surface area contributed by atoms with Crippen LogP contribution in [0.5, 0.6) is 0 Å². The number of aliphatic hydroxyl groups excluding tert-OH is 4. The average molecular weight is 945 g/mol. The van der Waals surface area contributed by atoms with Crippen LogP contribution in [0.4, 0.5) is 0 Å². The van der Waals surface area contributed by atoms with Crippen LogP contribution < -0.4 is 0 Å². The van der Waals surface area contributed by atoms with Gasteiger partial charge in [-0.25, -0.2) is 0 Å². The Hall–Kier alpha value is -3.93. The molecule has 0 aromatic carbocycles. The van der Waals surface area contributed by atoms with Crippen molar-refractivity contribution in [2.45, 2.75) is 192 Å². The van der Waals surface area contributed by atoms with Crippen molar-refractivity contribution in [3.63, 3.8) is 0 Å². The molecule has 0 saturated carbocycles. The fraction of sp³-hybridized carbons (Fsp3) is 0.576. The Morgan fingerprint density at radius 2 is 0.853 bits per heavy atom. The fourth-order valence-corrected chi connectivity index (χ4v) is 6.79. The summed E-state index contributed by atoms with van der Waals surface area (Å²) in [4.78, 5) is 12.8. The van der Waals surface area contributed by atoms with Crippen LogP contribution in [0, 0.1) is 0 Å². The molecule has 0 aromatic rings. The highest BCUT2D eigenvalue weighted by Gasteiger charge is 2.44. The summed E-state index contributed by atoms with van der Waals surface area (Å²) in [6, 6.07) is 0. The van der Waals surface area contributed by atoms with Crippen molar-refractivity contribution in [2.24, 2.45) is 0 Å². The van der Waals surface area contributed by atoms with Crippen molar-refractivity contribution in [3.8, 4) is 0 Å². The lowest BCUT2D eigenvalue weighted by atomic mass is 9.99. The molecule has 1 heterocycles. The summed E-state index contributed by atoms with van der Waals surface area (Å²) in [5.74, 6) is -0.370. The van der Waals surface area contributed by atoms with Crippen molar-refractivity contribution in [3.05, 3.63) is 146 Å². The number of allylic oxidation sites excluding steroid dienone is 24. The molecule has 0 amide bonds. The van der Waals surface area contributed by atoms with E-state index in [1.54, 1.807) is 0 Å². The van der Waals surface area contributed by atoms with Gasteiger partial charge in [0.25, 0.3) is 0 Å². The molecule has 1 fully saturated rings. The van der Waals surface area contributed by atoms with Gasteiger partial charge in [0.05, 0.1) is 19.8 Å². The van der Waals surface area contributed by atoms with E-state index in [0.29, 0.717) is 13.0 Å². The van der Waals surface area contributed by atoms with E-state index in [1.807, 2.05) is 0 Å². The summed E-state index contributed by atoms with van der Waals surface area (Å²) in [7, 11) is 0. The van der Waals surface area contributed by atoms with Gasteiger partial charge in [-0.05, 0) is 116 Å². The average Bonchev–Trinajstić information content (AvgIpc) is 3.34. The maximum atomic E-state index is 12.8. The molecular formula is C59H92O9. The first-order valence-corrected chi connectivity index (χ1v) is 25.9. The van der Waals surface area contributed by atoms with E-state index in [0.717, 1.165) is 128 Å². The molecule has 1 rings (SSSR count). The molecule has 0 radical (unpaired) electrons. The zero-order valence-electron chi connectivity index (χ0n) is 42.0. The van der Waals surface area contributed by atoms with Crippen molar-refractivity contribution < 1.29 is 44.2 Å². The molecule has 1 saturated heterocycles. The number of hydrogen-bond donors (Lipinski definition) is 4. The Bertz CT molecular complexity index is 1540. The maximum Gasteiger partial charge on any atom is 0.306 e. The van der Waals surface area contributed by atoms with Crippen molar-refractivity contribution in [1.29, 1.82) is 0 Å². The highest BCUT2D eigenvalue weighted by atomic mass is 16.7. The van der Waals surface area contributed by atoms with Crippen LogP contribution in [0.2, 0.25) is 0 Å². The molecule has 382 valence electrons. The molecule has 9 nitrogen and oxygen atoms in total. The first-order valence-electron chi connectivity index (χ1n) is 25.9. The van der Waals surface area contributed by atoms with Crippen LogP contribution in [-0.2, 0) is 23.7 Å². The lowest BCUT2D eigenvalue weighted by Crippen LogP contribution is -2.59. The smallest absolute Gasteiger partial charge is 0.306 e. The van der Waals surface area contributed by atoms with Crippen molar-refractivity contribution in [2.75, 3.05) is 26.4 Å². The molecule has 1 aliphatic heterocycles. The molecule has 1 aliphatic rings. The molecule has 0 bridgehead atoms. The Morgan fingerprint density at radius 3 is 1.28 bits per heavy atom. The Morgan fingerprint density at radius 1 is 0.471 bits per heavy atom. The number of carbonyl (C=O) groups excluding carboxylic acids is 1. The highest BCUT2D eigenvalue weighted by Crippen LogP contribution is 2.22. The number of hydrogen-bond acceptors (Lipinski definition) is 9. The van der Waals surface area contributed by atoms with E-state index in [4.69, 9.17) is 18.9 Å². The second kappa shape index (κ2) is 48.1. The highest BCUT2D eigenvalue weighted by molar-refractivity contribution is 5.69. The topological polar surface area (TPSA) is 135 Å². The summed E-state index contributed by atoms with van der Waals surface area (Å²) < 4.78 is 22.8. The van der Waals surface area contributed by atoms with Crippen LogP contribution in [-0.4, -0.2) is 89.6 Å². The van der Waals surface area contributed by atoms with E-state index in [9.17, 15) is 25.2 Å². The predicted molar refractivity (Wildman–Crippen MR) is 283 cm³/mol. The monoisotopic (exact) mass is 945 g/mol. The Balaban J connectivity index is 2.29. The molecule has 4 N–H and O–H groups in total. The maximum absolute atomic E-state index is 12.8. The van der Waals surface area contributed by atoms with Gasteiger partial charge >= 0.3 is 5.97 Å². The third-order valence-electron chi connectivity index (χ3n) is 10.8. The molecule has 6 unspecified atom stereocenters. The molecule has 0 aromatic heterocycles. The van der Waals surface area contributed by atoms with Crippen LogP contribution in [0.15, 0.2) is 146 Å². The molecular weight excluding hydrogens is 853 g/mol. The predicted octanol–water partition coefficient (Wildman–Crippen LogP) is 13.0. The van der Waals surface area contributed by atoms with Gasteiger partial charge in [-0.1, -0.05) is 179 Å². The number of unbranched alkanes of at least 4 members (excludes halogenated alkanes) is 7. The minimum atomic E-state index is -1.56. The van der Waals surface area contributed by atoms with E-state index < -0.39 is 43.4 Å². The summed E-state index contributed by atoms with van der Waals surface area (Å²) in [5.41, 5.74) is 0. The summed E-state index contributed by atoms with van der Waals surface area (Å²) in [6.45, 7) is 4.19. The van der Waals surface area contributed by atoms with Gasteiger partial charge in [-0.3, -0.25) is 4.79 Å². The molecule has 0 aliphatic carbocycles. The van der Waals surface area contributed by atoms with E-state index >= 15 is 0 Å². The first kappa shape index (κ1) is 62.1. The zero-order valence-corrected chi connectivity index (χ0v) is 42.0. The van der Waals surface area contributed by atoms with Crippen LogP contribution >= 0.6 is 0 Å². The summed E-state index contributed by atoms with van der Waals surface area (Å²) >= 11 is 0. The fourth-order valence-electron chi connectivity index (χ4n) is 6.79. The van der Waals surface area contributed by atoms with Gasteiger partial charge in [0.15, 0.2) is 6.29 Å². The van der Waals surface area contributed by atoms with Crippen LogP contribution in [0.25, 0.3) is 0 Å². The first-order chi connectivity index (χ1) is 33.4. The van der Waals surface area contributed by atoms with E-state index in [2.05, 4.69) is 160 Å². The normalized spacial score (nSPS) is 20.4. The minimum Gasteiger partial charge on any atom is -0.457 e. The summed E-state index contributed by atoms with van der Waals surface area (Å²) in [5, 5.41) is 40.3. The lowest BCUT2D eigenvalue weighted by molar-refractivity contribution is -0.305. The second-order valence-electron chi connectivity index (χ2n) is 16.8. The quantitative estimate of drug-likeness (QED) is 0.0268. The van der Waals surface area contributed by atoms with Gasteiger partial charge < -0.3 is 39.4 Å². The van der Waals surface area contributed by atoms with Gasteiger partial charge in [0.1, 0.15) is 30.5 Å². The lowest BCUT2D eigenvalue weighted by Gasteiger charge is -2.39. The largest absolute Gasteiger partial charge is 0.457 e. The summed E-state index contributed by atoms with van der Waals surface area (Å²) in [6.07, 6.45) is 65.9.